The first-order chi connectivity index (χ1) is 7.37. The summed E-state index contributed by atoms with van der Waals surface area (Å²) in [6.45, 7) is -5.41. The molecular weight excluding hydrogens is 271 g/mol. The van der Waals surface area contributed by atoms with Crippen molar-refractivity contribution in [1.82, 2.24) is 0 Å². The average molecular weight is 278 g/mol. The maximum Gasteiger partial charge on any atom is 0.380 e. The summed E-state index contributed by atoms with van der Waals surface area (Å²) in [4.78, 5) is 0. The van der Waals surface area contributed by atoms with Gasteiger partial charge in [-0.05, 0) is 0 Å². The molecule has 0 atom stereocenters. The normalized spacial score (nSPS) is 15.2. The van der Waals surface area contributed by atoms with Crippen LogP contribution in [0, 0.1) is 0 Å². The van der Waals surface area contributed by atoms with Gasteiger partial charge in [-0.15, -0.1) is 0 Å². The van der Waals surface area contributed by atoms with Gasteiger partial charge in [-0.1, -0.05) is 0 Å². The largest absolute Gasteiger partial charge is 0.380 e. The van der Waals surface area contributed by atoms with Gasteiger partial charge in [0.15, 0.2) is 6.67 Å². The molecule has 0 spiro atoms. The van der Waals surface area contributed by atoms with Crippen LogP contribution in [0.2, 0.25) is 0 Å². The zero-order chi connectivity index (χ0) is 14.1. The molecule has 0 amide bonds. The summed E-state index contributed by atoms with van der Waals surface area (Å²) >= 11 is 0. The molecule has 0 aromatic heterocycles. The van der Waals surface area contributed by atoms with Crippen molar-refractivity contribution in [2.75, 3.05) is 20.4 Å². The molecule has 0 aromatic carbocycles. The molecule has 17 heavy (non-hydrogen) atoms. The van der Waals surface area contributed by atoms with Crippen LogP contribution in [0.4, 0.5) is 39.5 Å². The SMILES string of the molecule is COCC(F)(F)C(F)(F)C(F)(F)C(F)(F)CF. The summed E-state index contributed by atoms with van der Waals surface area (Å²) in [6, 6.07) is 0. The van der Waals surface area contributed by atoms with Gasteiger partial charge >= 0.3 is 23.7 Å². The van der Waals surface area contributed by atoms with Crippen LogP contribution in [0.1, 0.15) is 0 Å². The van der Waals surface area contributed by atoms with E-state index in [1.54, 1.807) is 0 Å². The zero-order valence-corrected chi connectivity index (χ0v) is 8.22. The molecule has 0 saturated heterocycles. The lowest BCUT2D eigenvalue weighted by Crippen LogP contribution is -2.64. The van der Waals surface area contributed by atoms with E-state index in [0.29, 0.717) is 7.11 Å². The molecular formula is C7H7F9O. The summed E-state index contributed by atoms with van der Waals surface area (Å²) in [5.74, 6) is -24.5. The highest BCUT2D eigenvalue weighted by Crippen LogP contribution is 2.52. The zero-order valence-electron chi connectivity index (χ0n) is 8.22. The second kappa shape index (κ2) is 4.54. The second-order valence-electron chi connectivity index (χ2n) is 3.12. The summed E-state index contributed by atoms with van der Waals surface area (Å²) in [6.07, 6.45) is 0. The molecule has 1 nitrogen and oxygen atoms in total. The monoisotopic (exact) mass is 278 g/mol. The fraction of sp³-hybridized carbons (Fsp3) is 1.00. The molecule has 10 heteroatoms. The minimum Gasteiger partial charge on any atom is -0.378 e. The first kappa shape index (κ1) is 16.3. The van der Waals surface area contributed by atoms with E-state index in [1.807, 2.05) is 0 Å². The van der Waals surface area contributed by atoms with Crippen molar-refractivity contribution in [3.63, 3.8) is 0 Å². The number of alkyl halides is 9. The van der Waals surface area contributed by atoms with E-state index in [9.17, 15) is 39.5 Å². The van der Waals surface area contributed by atoms with Gasteiger partial charge in [0.05, 0.1) is 0 Å². The fourth-order valence-corrected chi connectivity index (χ4v) is 0.815. The van der Waals surface area contributed by atoms with Crippen LogP contribution in [-0.4, -0.2) is 44.1 Å². The third kappa shape index (κ3) is 2.45. The Balaban J connectivity index is 5.44. The maximum atomic E-state index is 12.6. The highest BCUT2D eigenvalue weighted by atomic mass is 19.4. The van der Waals surface area contributed by atoms with E-state index in [4.69, 9.17) is 0 Å². The van der Waals surface area contributed by atoms with Crippen LogP contribution >= 0.6 is 0 Å². The third-order valence-electron chi connectivity index (χ3n) is 1.81. The van der Waals surface area contributed by atoms with E-state index < -0.39 is 37.0 Å². The van der Waals surface area contributed by atoms with E-state index in [2.05, 4.69) is 4.74 Å². The lowest BCUT2D eigenvalue weighted by molar-refractivity contribution is -0.372. The van der Waals surface area contributed by atoms with Gasteiger partial charge in [-0.2, -0.15) is 35.1 Å². The van der Waals surface area contributed by atoms with Gasteiger partial charge in [0.2, 0.25) is 0 Å². The number of methoxy groups -OCH3 is 1. The van der Waals surface area contributed by atoms with Crippen LogP contribution in [0.5, 0.6) is 0 Å². The van der Waals surface area contributed by atoms with Gasteiger partial charge in [0, 0.05) is 7.11 Å². The quantitative estimate of drug-likeness (QED) is 0.678. The predicted octanol–water partition coefficient (Wildman–Crippen LogP) is 3.14. The number of halogens is 9. The van der Waals surface area contributed by atoms with Crippen molar-refractivity contribution >= 4 is 0 Å². The first-order valence-electron chi connectivity index (χ1n) is 3.93. The van der Waals surface area contributed by atoms with Gasteiger partial charge in [-0.3, -0.25) is 0 Å². The van der Waals surface area contributed by atoms with Crippen molar-refractivity contribution in [3.05, 3.63) is 0 Å². The van der Waals surface area contributed by atoms with E-state index >= 15 is 0 Å². The molecule has 0 aliphatic rings. The molecule has 0 aliphatic heterocycles. The first-order valence-corrected chi connectivity index (χ1v) is 3.93. The molecule has 0 bridgehead atoms. The maximum absolute atomic E-state index is 12.6. The average Bonchev–Trinajstić information content (AvgIpc) is 2.16. The van der Waals surface area contributed by atoms with E-state index in [-0.39, 0.29) is 0 Å². The summed E-state index contributed by atoms with van der Waals surface area (Å²) in [5, 5.41) is 0. The number of ether oxygens (including phenoxy) is 1. The number of rotatable bonds is 6. The van der Waals surface area contributed by atoms with Crippen LogP contribution < -0.4 is 0 Å². The van der Waals surface area contributed by atoms with Crippen LogP contribution in [0.15, 0.2) is 0 Å². The molecule has 0 aliphatic carbocycles. The molecule has 0 heterocycles. The van der Waals surface area contributed by atoms with Crippen molar-refractivity contribution < 1.29 is 44.3 Å². The number of hydrogen-bond donors (Lipinski definition) is 0. The molecule has 0 aromatic rings. The third-order valence-corrected chi connectivity index (χ3v) is 1.81. The lowest BCUT2D eigenvalue weighted by Gasteiger charge is -2.35. The Bertz CT molecular complexity index is 262. The summed E-state index contributed by atoms with van der Waals surface area (Å²) < 4.78 is 115. The molecule has 0 unspecified atom stereocenters. The van der Waals surface area contributed by atoms with Gasteiger partial charge < -0.3 is 4.74 Å². The Kier molecular flexibility index (Phi) is 4.36. The highest BCUT2D eigenvalue weighted by molar-refractivity contribution is 5.03. The predicted molar refractivity (Wildman–Crippen MR) is 37.6 cm³/mol. The van der Waals surface area contributed by atoms with Crippen molar-refractivity contribution in [2.24, 2.45) is 0 Å². The molecule has 0 saturated carbocycles. The Morgan fingerprint density at radius 1 is 0.765 bits per heavy atom. The Morgan fingerprint density at radius 3 is 1.41 bits per heavy atom. The van der Waals surface area contributed by atoms with Crippen molar-refractivity contribution in [1.29, 1.82) is 0 Å². The minimum atomic E-state index is -6.54. The lowest BCUT2D eigenvalue weighted by atomic mass is 10.00. The Morgan fingerprint density at radius 2 is 1.12 bits per heavy atom. The Labute approximate surface area is 89.5 Å². The number of hydrogen-bond acceptors (Lipinski definition) is 1. The highest BCUT2D eigenvalue weighted by Gasteiger charge is 2.80. The van der Waals surface area contributed by atoms with Crippen molar-refractivity contribution in [2.45, 2.75) is 23.7 Å². The molecule has 0 N–H and O–H groups in total. The minimum absolute atomic E-state index is 0.482. The van der Waals surface area contributed by atoms with Crippen LogP contribution in [-0.2, 0) is 4.74 Å². The topological polar surface area (TPSA) is 9.23 Å². The summed E-state index contributed by atoms with van der Waals surface area (Å²) in [7, 11) is 0.482. The fourth-order valence-electron chi connectivity index (χ4n) is 0.815. The van der Waals surface area contributed by atoms with Crippen molar-refractivity contribution in [3.8, 4) is 0 Å². The van der Waals surface area contributed by atoms with Gasteiger partial charge in [-0.25, -0.2) is 4.39 Å². The Hall–Kier alpha value is -0.670. The van der Waals surface area contributed by atoms with E-state index in [1.165, 1.54) is 0 Å². The van der Waals surface area contributed by atoms with Gasteiger partial charge in [0.25, 0.3) is 0 Å². The molecule has 104 valence electrons. The standard InChI is InChI=1S/C7H7F9O/c1-17-3-5(11,12)7(15,16)6(13,14)4(9,10)2-8/h2-3H2,1H3. The van der Waals surface area contributed by atoms with Crippen LogP contribution in [0.25, 0.3) is 0 Å². The van der Waals surface area contributed by atoms with Gasteiger partial charge in [0.1, 0.15) is 6.61 Å². The van der Waals surface area contributed by atoms with Crippen LogP contribution in [0.3, 0.4) is 0 Å². The second-order valence-corrected chi connectivity index (χ2v) is 3.12. The molecule has 0 radical (unpaired) electrons. The smallest absolute Gasteiger partial charge is 0.378 e. The molecule has 0 rings (SSSR count). The summed E-state index contributed by atoms with van der Waals surface area (Å²) in [5.41, 5.74) is 0. The molecule has 0 fully saturated rings. The van der Waals surface area contributed by atoms with E-state index in [0.717, 1.165) is 0 Å².